The fourth-order valence-corrected chi connectivity index (χ4v) is 3.16. The molecule has 0 bridgehead atoms. The van der Waals surface area contributed by atoms with E-state index in [0.29, 0.717) is 17.2 Å². The first-order valence-corrected chi connectivity index (χ1v) is 8.64. The van der Waals surface area contributed by atoms with Gasteiger partial charge in [-0.3, -0.25) is 0 Å². The summed E-state index contributed by atoms with van der Waals surface area (Å²) in [5.74, 6) is -0.397. The van der Waals surface area contributed by atoms with E-state index in [1.807, 2.05) is 85.7 Å². The lowest BCUT2D eigenvalue weighted by Gasteiger charge is -2.30. The Kier molecular flexibility index (Phi) is 5.25. The Hall–Kier alpha value is -2.52. The van der Waals surface area contributed by atoms with Crippen molar-refractivity contribution in [2.24, 2.45) is 0 Å². The van der Waals surface area contributed by atoms with Gasteiger partial charge in [0, 0.05) is 29.0 Å². The predicted octanol–water partition coefficient (Wildman–Crippen LogP) is 5.29. The number of hydrogen-bond donors (Lipinski definition) is 0. The number of esters is 1. The van der Waals surface area contributed by atoms with Gasteiger partial charge in [0.25, 0.3) is 0 Å². The molecule has 25 heavy (non-hydrogen) atoms. The highest BCUT2D eigenvalue weighted by molar-refractivity contribution is 6.30. The number of carbonyl (C=O) groups is 1. The average Bonchev–Trinajstić information content (AvgIpc) is 2.62. The lowest BCUT2D eigenvalue weighted by molar-refractivity contribution is -0.138. The lowest BCUT2D eigenvalue weighted by Crippen LogP contribution is -2.24. The number of allylic oxidation sites excluding steroid dienone is 1. The van der Waals surface area contributed by atoms with Crippen LogP contribution in [0.3, 0.4) is 0 Å². The minimum atomic E-state index is -0.289. The largest absolute Gasteiger partial charge is 0.463 e. The van der Waals surface area contributed by atoms with Crippen molar-refractivity contribution in [2.45, 2.75) is 19.8 Å². The van der Waals surface area contributed by atoms with Gasteiger partial charge in [0.1, 0.15) is 0 Å². The summed E-state index contributed by atoms with van der Waals surface area (Å²) in [6.07, 6.45) is 3.90. The zero-order valence-electron chi connectivity index (χ0n) is 14.3. The third kappa shape index (κ3) is 3.77. The van der Waals surface area contributed by atoms with Crippen LogP contribution < -0.4 is 4.90 Å². The molecule has 0 spiro atoms. The summed E-state index contributed by atoms with van der Waals surface area (Å²) in [4.78, 5) is 14.5. The van der Waals surface area contributed by atoms with Gasteiger partial charge in [-0.2, -0.15) is 0 Å². The summed E-state index contributed by atoms with van der Waals surface area (Å²) in [6.45, 7) is 4.20. The first-order valence-electron chi connectivity index (χ1n) is 8.26. The molecule has 1 heterocycles. The first kappa shape index (κ1) is 17.3. The van der Waals surface area contributed by atoms with Crippen molar-refractivity contribution in [2.75, 3.05) is 11.5 Å². The van der Waals surface area contributed by atoms with E-state index in [9.17, 15) is 4.79 Å². The fourth-order valence-electron chi connectivity index (χ4n) is 3.04. The maximum absolute atomic E-state index is 12.6. The molecule has 1 atom stereocenters. The third-order valence-corrected chi connectivity index (χ3v) is 4.41. The molecule has 1 aliphatic heterocycles. The van der Waals surface area contributed by atoms with Gasteiger partial charge in [0.15, 0.2) is 0 Å². The molecular weight excluding hydrogens is 334 g/mol. The normalized spacial score (nSPS) is 16.9. The van der Waals surface area contributed by atoms with Crippen LogP contribution in [0.1, 0.15) is 25.3 Å². The molecule has 3 rings (SSSR count). The van der Waals surface area contributed by atoms with E-state index < -0.39 is 0 Å². The zero-order valence-corrected chi connectivity index (χ0v) is 15.0. The standard InChI is InChI=1S/C21H20ClNO2/c1-3-25-21(24)19-14-23(18-11-9-17(22)10-12-18)13-15(2)20(19)16-7-5-4-6-8-16/h4-14,20H,3H2,1-2H3. The number of nitrogens with zero attached hydrogens (tertiary/aromatic N) is 1. The third-order valence-electron chi connectivity index (χ3n) is 4.16. The molecule has 3 nitrogen and oxygen atoms in total. The second kappa shape index (κ2) is 7.58. The van der Waals surface area contributed by atoms with E-state index in [0.717, 1.165) is 16.8 Å². The number of hydrogen-bond acceptors (Lipinski definition) is 3. The molecule has 4 heteroatoms. The molecule has 0 amide bonds. The summed E-state index contributed by atoms with van der Waals surface area (Å²) in [7, 11) is 0. The van der Waals surface area contributed by atoms with Gasteiger partial charge in [-0.1, -0.05) is 41.9 Å². The number of halogens is 1. The highest BCUT2D eigenvalue weighted by Crippen LogP contribution is 2.37. The number of ether oxygens (including phenoxy) is 1. The van der Waals surface area contributed by atoms with Crippen molar-refractivity contribution >= 4 is 23.3 Å². The smallest absolute Gasteiger partial charge is 0.336 e. The molecule has 2 aromatic carbocycles. The monoisotopic (exact) mass is 353 g/mol. The van der Waals surface area contributed by atoms with Crippen LogP contribution in [0.25, 0.3) is 0 Å². The highest BCUT2D eigenvalue weighted by atomic mass is 35.5. The van der Waals surface area contributed by atoms with E-state index in [1.54, 1.807) is 0 Å². The van der Waals surface area contributed by atoms with E-state index >= 15 is 0 Å². The van der Waals surface area contributed by atoms with Crippen LogP contribution in [0.5, 0.6) is 0 Å². The SMILES string of the molecule is CCOC(=O)C1=CN(c2ccc(Cl)cc2)C=C(C)C1c1ccccc1. The van der Waals surface area contributed by atoms with Crippen LogP contribution in [0, 0.1) is 0 Å². The van der Waals surface area contributed by atoms with Crippen molar-refractivity contribution in [3.8, 4) is 0 Å². The summed E-state index contributed by atoms with van der Waals surface area (Å²) in [5, 5.41) is 0.679. The maximum Gasteiger partial charge on any atom is 0.336 e. The van der Waals surface area contributed by atoms with E-state index in [2.05, 4.69) is 0 Å². The molecule has 0 saturated heterocycles. The van der Waals surface area contributed by atoms with Gasteiger partial charge in [0.05, 0.1) is 12.2 Å². The van der Waals surface area contributed by atoms with E-state index in [-0.39, 0.29) is 11.9 Å². The molecule has 2 aromatic rings. The summed E-state index contributed by atoms with van der Waals surface area (Å²) in [5.41, 5.74) is 3.72. The fraction of sp³-hybridized carbons (Fsp3) is 0.190. The first-order chi connectivity index (χ1) is 12.1. The van der Waals surface area contributed by atoms with Crippen LogP contribution in [0.15, 0.2) is 78.1 Å². The number of benzene rings is 2. The Balaban J connectivity index is 2.03. The molecule has 0 aromatic heterocycles. The van der Waals surface area contributed by atoms with Gasteiger partial charge in [-0.25, -0.2) is 4.79 Å². The maximum atomic E-state index is 12.6. The number of anilines is 1. The van der Waals surface area contributed by atoms with Crippen molar-refractivity contribution in [1.82, 2.24) is 0 Å². The Morgan fingerprint density at radius 1 is 1.08 bits per heavy atom. The van der Waals surface area contributed by atoms with Gasteiger partial charge in [-0.05, 0) is 49.2 Å². The van der Waals surface area contributed by atoms with Gasteiger partial charge in [-0.15, -0.1) is 0 Å². The number of carbonyl (C=O) groups excluding carboxylic acids is 1. The second-order valence-electron chi connectivity index (χ2n) is 5.91. The van der Waals surface area contributed by atoms with Crippen molar-refractivity contribution in [1.29, 1.82) is 0 Å². The molecule has 1 aliphatic rings. The van der Waals surface area contributed by atoms with Gasteiger partial charge in [0.2, 0.25) is 0 Å². The van der Waals surface area contributed by atoms with Gasteiger partial charge < -0.3 is 9.64 Å². The Morgan fingerprint density at radius 2 is 1.76 bits per heavy atom. The van der Waals surface area contributed by atoms with Crippen LogP contribution in [-0.4, -0.2) is 12.6 Å². The quantitative estimate of drug-likeness (QED) is 0.699. The van der Waals surface area contributed by atoms with E-state index in [1.165, 1.54) is 0 Å². The Morgan fingerprint density at radius 3 is 2.40 bits per heavy atom. The molecule has 0 N–H and O–H groups in total. The molecule has 0 fully saturated rings. The summed E-state index contributed by atoms with van der Waals surface area (Å²) >= 11 is 5.98. The summed E-state index contributed by atoms with van der Waals surface area (Å²) in [6, 6.07) is 17.5. The highest BCUT2D eigenvalue weighted by Gasteiger charge is 2.29. The predicted molar refractivity (Wildman–Crippen MR) is 102 cm³/mol. The van der Waals surface area contributed by atoms with Crippen LogP contribution in [0.4, 0.5) is 5.69 Å². The van der Waals surface area contributed by atoms with Crippen LogP contribution in [0.2, 0.25) is 5.02 Å². The van der Waals surface area contributed by atoms with Crippen molar-refractivity contribution in [3.63, 3.8) is 0 Å². The molecule has 0 aliphatic carbocycles. The molecule has 1 unspecified atom stereocenters. The topological polar surface area (TPSA) is 29.5 Å². The molecule has 0 radical (unpaired) electrons. The van der Waals surface area contributed by atoms with E-state index in [4.69, 9.17) is 16.3 Å². The van der Waals surface area contributed by atoms with Crippen molar-refractivity contribution < 1.29 is 9.53 Å². The molecule has 0 saturated carbocycles. The van der Waals surface area contributed by atoms with Crippen LogP contribution >= 0.6 is 11.6 Å². The second-order valence-corrected chi connectivity index (χ2v) is 6.34. The number of rotatable bonds is 4. The minimum absolute atomic E-state index is 0.108. The lowest BCUT2D eigenvalue weighted by atomic mass is 9.84. The Bertz CT molecular complexity index is 810. The van der Waals surface area contributed by atoms with Crippen LogP contribution in [-0.2, 0) is 9.53 Å². The molecular formula is C21H20ClNO2. The Labute approximate surface area is 153 Å². The minimum Gasteiger partial charge on any atom is -0.463 e. The summed E-state index contributed by atoms with van der Waals surface area (Å²) < 4.78 is 5.30. The van der Waals surface area contributed by atoms with Crippen molar-refractivity contribution in [3.05, 3.63) is 88.7 Å². The zero-order chi connectivity index (χ0) is 17.8. The molecule has 128 valence electrons. The average molecular weight is 354 g/mol. The van der Waals surface area contributed by atoms with Gasteiger partial charge >= 0.3 is 5.97 Å².